The Hall–Kier alpha value is -1.07. The van der Waals surface area contributed by atoms with Crippen LogP contribution in [0.2, 0.25) is 0 Å². The topological polar surface area (TPSA) is 25.8 Å². The van der Waals surface area contributed by atoms with Crippen LogP contribution in [0.25, 0.3) is 0 Å². The van der Waals surface area contributed by atoms with E-state index in [0.29, 0.717) is 6.07 Å². The summed E-state index contributed by atoms with van der Waals surface area (Å²) in [4.78, 5) is 6.31. The van der Waals surface area contributed by atoms with Crippen LogP contribution in [-0.4, -0.2) is 17.8 Å². The molecule has 0 atom stereocenters. The number of halogens is 3. The van der Waals surface area contributed by atoms with Crippen LogP contribution in [0.1, 0.15) is 5.69 Å². The molecule has 0 aromatic carbocycles. The van der Waals surface area contributed by atoms with Crippen LogP contribution in [0.4, 0.5) is 13.2 Å². The summed E-state index contributed by atoms with van der Waals surface area (Å²) in [5.74, 6) is 0. The van der Waals surface area contributed by atoms with Gasteiger partial charge in [-0.25, -0.2) is 4.98 Å². The second-order valence-electron chi connectivity index (χ2n) is 1.83. The third-order valence-electron chi connectivity index (χ3n) is 0.979. The first-order chi connectivity index (χ1) is 5.00. The van der Waals surface area contributed by atoms with Gasteiger partial charge in [0.1, 0.15) is 19.9 Å². The lowest BCUT2D eigenvalue weighted by Crippen LogP contribution is -2.16. The molecule has 1 aromatic heterocycles. The van der Waals surface area contributed by atoms with Crippen LogP contribution in [-0.2, 0) is 6.18 Å². The summed E-state index contributed by atoms with van der Waals surface area (Å²) < 4.78 is 35.5. The molecule has 0 aliphatic carbocycles. The lowest BCUT2D eigenvalue weighted by molar-refractivity contribution is -0.141. The van der Waals surface area contributed by atoms with Gasteiger partial charge in [-0.1, -0.05) is 0 Å². The predicted octanol–water partition coefficient (Wildman–Crippen LogP) is 0.289. The second-order valence-corrected chi connectivity index (χ2v) is 1.83. The molecule has 1 rings (SSSR count). The number of alkyl halides is 3. The van der Waals surface area contributed by atoms with E-state index < -0.39 is 11.9 Å². The first-order valence-corrected chi connectivity index (χ1v) is 2.65. The number of rotatable bonds is 0. The van der Waals surface area contributed by atoms with Crippen molar-refractivity contribution in [2.75, 3.05) is 0 Å². The maximum Gasteiger partial charge on any atom is 0.433 e. The highest BCUT2D eigenvalue weighted by atomic mass is 19.4. The molecule has 56 valence electrons. The van der Waals surface area contributed by atoms with Gasteiger partial charge in [-0.3, -0.25) is 4.98 Å². The van der Waals surface area contributed by atoms with Crippen LogP contribution in [0.3, 0.4) is 0 Å². The van der Waals surface area contributed by atoms with E-state index >= 15 is 0 Å². The Labute approximate surface area is 61.9 Å². The van der Waals surface area contributed by atoms with E-state index in [1.807, 2.05) is 0 Å². The van der Waals surface area contributed by atoms with Gasteiger partial charge in [0.15, 0.2) is 0 Å². The van der Waals surface area contributed by atoms with E-state index in [2.05, 4.69) is 9.97 Å². The van der Waals surface area contributed by atoms with Gasteiger partial charge >= 0.3 is 6.18 Å². The molecule has 0 saturated carbocycles. The van der Waals surface area contributed by atoms with Gasteiger partial charge in [0, 0.05) is 0 Å². The molecule has 1 aromatic rings. The third kappa shape index (κ3) is 1.93. The lowest BCUT2D eigenvalue weighted by atomic mass is 10.0. The van der Waals surface area contributed by atoms with E-state index in [1.165, 1.54) is 0 Å². The van der Waals surface area contributed by atoms with E-state index in [4.69, 9.17) is 7.85 Å². The maximum atomic E-state index is 11.8. The van der Waals surface area contributed by atoms with Crippen molar-refractivity contribution in [3.05, 3.63) is 18.1 Å². The molecule has 2 nitrogen and oxygen atoms in total. The Kier molecular flexibility index (Phi) is 1.84. The molecule has 0 amide bonds. The molecule has 1 heterocycles. The fraction of sp³-hybridized carbons (Fsp3) is 0.200. The van der Waals surface area contributed by atoms with E-state index in [0.717, 1.165) is 6.33 Å². The van der Waals surface area contributed by atoms with Gasteiger partial charge in [0.2, 0.25) is 0 Å². The normalized spacial score (nSPS) is 11.5. The molecular weight excluding hydrogens is 156 g/mol. The zero-order valence-corrected chi connectivity index (χ0v) is 5.26. The number of aromatic nitrogens is 2. The molecule has 0 unspecified atom stereocenters. The van der Waals surface area contributed by atoms with Gasteiger partial charge in [0.25, 0.3) is 0 Å². The summed E-state index contributed by atoms with van der Waals surface area (Å²) in [6.45, 7) is 0. The number of nitrogens with zero attached hydrogens (tertiary/aromatic N) is 2. The first kappa shape index (κ1) is 8.04. The van der Waals surface area contributed by atoms with E-state index in [9.17, 15) is 13.2 Å². The van der Waals surface area contributed by atoms with Crippen molar-refractivity contribution in [1.29, 1.82) is 0 Å². The Morgan fingerprint density at radius 2 is 1.91 bits per heavy atom. The average Bonchev–Trinajstić information content (AvgIpc) is 1.86. The van der Waals surface area contributed by atoms with Crippen molar-refractivity contribution in [1.82, 2.24) is 9.97 Å². The summed E-state index contributed by atoms with van der Waals surface area (Å²) in [5, 5.41) is 0. The molecule has 0 spiro atoms. The average molecular weight is 158 g/mol. The fourth-order valence-electron chi connectivity index (χ4n) is 0.527. The van der Waals surface area contributed by atoms with Gasteiger partial charge in [-0.2, -0.15) is 13.2 Å². The molecular formula is C5H2BF3N2. The molecule has 6 heteroatoms. The Morgan fingerprint density at radius 1 is 1.27 bits per heavy atom. The van der Waals surface area contributed by atoms with Crippen LogP contribution in [0.5, 0.6) is 0 Å². The molecule has 0 fully saturated rings. The predicted molar refractivity (Wildman–Crippen MR) is 32.4 cm³/mol. The van der Waals surface area contributed by atoms with Crippen molar-refractivity contribution in [3.8, 4) is 0 Å². The van der Waals surface area contributed by atoms with Crippen LogP contribution >= 0.6 is 0 Å². The summed E-state index contributed by atoms with van der Waals surface area (Å²) >= 11 is 0. The molecule has 0 aliphatic rings. The monoisotopic (exact) mass is 158 g/mol. The van der Waals surface area contributed by atoms with Crippen molar-refractivity contribution in [2.45, 2.75) is 6.18 Å². The Balaban J connectivity index is 3.06. The summed E-state index contributed by atoms with van der Waals surface area (Å²) in [6.07, 6.45) is -3.67. The summed E-state index contributed by atoms with van der Waals surface area (Å²) in [7, 11) is 5.00. The minimum Gasteiger partial charge on any atom is -0.253 e. The molecule has 0 N–H and O–H groups in total. The highest BCUT2D eigenvalue weighted by molar-refractivity contribution is 6.30. The molecule has 0 saturated heterocycles. The zero-order chi connectivity index (χ0) is 8.48. The molecule has 2 radical (unpaired) electrons. The van der Waals surface area contributed by atoms with Crippen molar-refractivity contribution in [3.63, 3.8) is 0 Å². The summed E-state index contributed by atoms with van der Waals surface area (Å²) in [5.41, 5.74) is -1.21. The summed E-state index contributed by atoms with van der Waals surface area (Å²) in [6, 6.07) is 0.681. The van der Waals surface area contributed by atoms with Gasteiger partial charge < -0.3 is 0 Å². The standard InChI is InChI=1S/C5H2BF3N2/c6-4-1-3(5(7,8)9)10-2-11-4/h1-2H. The fourth-order valence-corrected chi connectivity index (χ4v) is 0.527. The number of hydrogen-bond donors (Lipinski definition) is 0. The van der Waals surface area contributed by atoms with Crippen molar-refractivity contribution in [2.24, 2.45) is 0 Å². The first-order valence-electron chi connectivity index (χ1n) is 2.65. The van der Waals surface area contributed by atoms with Gasteiger partial charge in [-0.15, -0.1) is 0 Å². The minimum atomic E-state index is -4.45. The van der Waals surface area contributed by atoms with Crippen molar-refractivity contribution >= 4 is 13.4 Å². The third-order valence-corrected chi connectivity index (χ3v) is 0.979. The smallest absolute Gasteiger partial charge is 0.253 e. The quantitative estimate of drug-likeness (QED) is 0.507. The highest BCUT2D eigenvalue weighted by Gasteiger charge is 2.32. The molecule has 0 aliphatic heterocycles. The van der Waals surface area contributed by atoms with Gasteiger partial charge in [-0.05, 0) is 11.7 Å². The zero-order valence-electron chi connectivity index (χ0n) is 5.26. The van der Waals surface area contributed by atoms with Crippen LogP contribution < -0.4 is 5.59 Å². The second kappa shape index (κ2) is 2.52. The number of hydrogen-bond acceptors (Lipinski definition) is 2. The van der Waals surface area contributed by atoms with Crippen LogP contribution in [0, 0.1) is 0 Å². The Bertz CT molecular complexity index is 260. The van der Waals surface area contributed by atoms with Crippen molar-refractivity contribution < 1.29 is 13.2 Å². The van der Waals surface area contributed by atoms with E-state index in [-0.39, 0.29) is 5.59 Å². The largest absolute Gasteiger partial charge is 0.433 e. The SMILES string of the molecule is [B]c1cc(C(F)(F)F)ncn1. The van der Waals surface area contributed by atoms with Crippen LogP contribution in [0.15, 0.2) is 12.4 Å². The maximum absolute atomic E-state index is 11.8. The Morgan fingerprint density at radius 3 is 2.27 bits per heavy atom. The minimum absolute atomic E-state index is 0.188. The molecule has 11 heavy (non-hydrogen) atoms. The lowest BCUT2D eigenvalue weighted by Gasteiger charge is -2.04. The van der Waals surface area contributed by atoms with E-state index in [1.54, 1.807) is 0 Å². The highest BCUT2D eigenvalue weighted by Crippen LogP contribution is 2.25. The molecule has 0 bridgehead atoms. The van der Waals surface area contributed by atoms with Gasteiger partial charge in [0.05, 0.1) is 0 Å².